The molecule has 1 rings (SSSR count). The highest BCUT2D eigenvalue weighted by atomic mass is 79.9. The summed E-state index contributed by atoms with van der Waals surface area (Å²) in [7, 11) is 1.69. The fraction of sp³-hybridized carbons (Fsp3) is 0.600. The molecule has 0 aliphatic rings. The summed E-state index contributed by atoms with van der Waals surface area (Å²) in [5.74, 6) is 0.861. The SMILES string of the molecule is CCNC(CC(C)(C)C)c1cc(Cl)cc(Br)c1OC. The van der Waals surface area contributed by atoms with Crippen LogP contribution < -0.4 is 10.1 Å². The predicted octanol–water partition coefficient (Wildman–Crippen LogP) is 5.20. The summed E-state index contributed by atoms with van der Waals surface area (Å²) in [6.07, 6.45) is 1.02. The van der Waals surface area contributed by atoms with E-state index in [0.29, 0.717) is 0 Å². The molecule has 0 spiro atoms. The second-order valence-electron chi connectivity index (χ2n) is 5.89. The minimum atomic E-state index is 0.229. The van der Waals surface area contributed by atoms with Gasteiger partial charge in [0.1, 0.15) is 5.75 Å². The molecular formula is C15H23BrClNO. The predicted molar refractivity (Wildman–Crippen MR) is 86.2 cm³/mol. The van der Waals surface area contributed by atoms with Crippen LogP contribution in [0.2, 0.25) is 5.02 Å². The monoisotopic (exact) mass is 347 g/mol. The molecule has 0 bridgehead atoms. The van der Waals surface area contributed by atoms with Gasteiger partial charge in [-0.05, 0) is 46.4 Å². The largest absolute Gasteiger partial charge is 0.495 e. The molecule has 0 aromatic heterocycles. The van der Waals surface area contributed by atoms with E-state index in [4.69, 9.17) is 16.3 Å². The number of hydrogen-bond acceptors (Lipinski definition) is 2. The molecule has 0 radical (unpaired) electrons. The lowest BCUT2D eigenvalue weighted by Crippen LogP contribution is -2.26. The normalized spacial score (nSPS) is 13.4. The van der Waals surface area contributed by atoms with Crippen molar-refractivity contribution in [1.82, 2.24) is 5.32 Å². The zero-order chi connectivity index (χ0) is 14.6. The third-order valence-electron chi connectivity index (χ3n) is 2.88. The van der Waals surface area contributed by atoms with Crippen molar-refractivity contribution in [2.45, 2.75) is 40.2 Å². The highest BCUT2D eigenvalue weighted by Gasteiger charge is 2.23. The Morgan fingerprint density at radius 3 is 2.47 bits per heavy atom. The van der Waals surface area contributed by atoms with Crippen LogP contribution in [0.15, 0.2) is 16.6 Å². The Balaban J connectivity index is 3.21. The fourth-order valence-corrected chi connectivity index (χ4v) is 3.20. The van der Waals surface area contributed by atoms with Crippen molar-refractivity contribution in [3.8, 4) is 5.75 Å². The van der Waals surface area contributed by atoms with Gasteiger partial charge in [-0.3, -0.25) is 0 Å². The van der Waals surface area contributed by atoms with Gasteiger partial charge < -0.3 is 10.1 Å². The summed E-state index contributed by atoms with van der Waals surface area (Å²) < 4.78 is 6.42. The molecule has 1 atom stereocenters. The van der Waals surface area contributed by atoms with Crippen molar-refractivity contribution >= 4 is 27.5 Å². The lowest BCUT2D eigenvalue weighted by Gasteiger charge is -2.28. The topological polar surface area (TPSA) is 21.3 Å². The summed E-state index contributed by atoms with van der Waals surface area (Å²) in [5, 5.41) is 4.25. The van der Waals surface area contributed by atoms with E-state index in [1.165, 1.54) is 0 Å². The zero-order valence-corrected chi connectivity index (χ0v) is 14.7. The van der Waals surface area contributed by atoms with Gasteiger partial charge in [0.15, 0.2) is 0 Å². The molecule has 0 saturated heterocycles. The fourth-order valence-electron chi connectivity index (χ4n) is 2.21. The van der Waals surface area contributed by atoms with Crippen molar-refractivity contribution in [3.05, 3.63) is 27.2 Å². The molecule has 1 N–H and O–H groups in total. The molecule has 19 heavy (non-hydrogen) atoms. The van der Waals surface area contributed by atoms with Crippen molar-refractivity contribution in [2.24, 2.45) is 5.41 Å². The number of benzene rings is 1. The van der Waals surface area contributed by atoms with E-state index in [0.717, 1.165) is 33.8 Å². The van der Waals surface area contributed by atoms with Crippen LogP contribution in [0.3, 0.4) is 0 Å². The summed E-state index contributed by atoms with van der Waals surface area (Å²) in [6, 6.07) is 4.09. The van der Waals surface area contributed by atoms with Gasteiger partial charge >= 0.3 is 0 Å². The molecule has 0 saturated carbocycles. The zero-order valence-electron chi connectivity index (χ0n) is 12.3. The van der Waals surface area contributed by atoms with E-state index in [1.807, 2.05) is 12.1 Å². The van der Waals surface area contributed by atoms with E-state index in [9.17, 15) is 0 Å². The van der Waals surface area contributed by atoms with Crippen LogP contribution in [0.1, 0.15) is 45.7 Å². The molecule has 108 valence electrons. The first-order valence-corrected chi connectivity index (χ1v) is 7.72. The standard InChI is InChI=1S/C15H23BrClNO/c1-6-18-13(9-15(2,3)4)11-7-10(17)8-12(16)14(11)19-5/h7-8,13,18H,6,9H2,1-5H3. The van der Waals surface area contributed by atoms with Crippen LogP contribution >= 0.6 is 27.5 Å². The Morgan fingerprint density at radius 2 is 2.00 bits per heavy atom. The molecular weight excluding hydrogens is 326 g/mol. The van der Waals surface area contributed by atoms with Crippen LogP contribution in [-0.4, -0.2) is 13.7 Å². The third-order valence-corrected chi connectivity index (χ3v) is 3.69. The molecule has 0 aliphatic carbocycles. The van der Waals surface area contributed by atoms with Crippen molar-refractivity contribution in [2.75, 3.05) is 13.7 Å². The minimum absolute atomic E-state index is 0.229. The quantitative estimate of drug-likeness (QED) is 0.790. The van der Waals surface area contributed by atoms with Crippen LogP contribution in [0.5, 0.6) is 5.75 Å². The summed E-state index contributed by atoms with van der Waals surface area (Å²) in [6.45, 7) is 9.74. The van der Waals surface area contributed by atoms with Crippen molar-refractivity contribution in [3.63, 3.8) is 0 Å². The molecule has 1 unspecified atom stereocenters. The van der Waals surface area contributed by atoms with E-state index in [-0.39, 0.29) is 11.5 Å². The van der Waals surface area contributed by atoms with E-state index in [1.54, 1.807) is 7.11 Å². The average Bonchev–Trinajstić information content (AvgIpc) is 2.25. The number of hydrogen-bond donors (Lipinski definition) is 1. The maximum absolute atomic E-state index is 6.18. The molecule has 1 aromatic rings. The average molecular weight is 349 g/mol. The van der Waals surface area contributed by atoms with Gasteiger partial charge in [0.05, 0.1) is 11.6 Å². The second-order valence-corrected chi connectivity index (χ2v) is 7.18. The van der Waals surface area contributed by atoms with Gasteiger partial charge in [0.2, 0.25) is 0 Å². The van der Waals surface area contributed by atoms with Gasteiger partial charge in [0, 0.05) is 16.6 Å². The van der Waals surface area contributed by atoms with E-state index >= 15 is 0 Å². The molecule has 0 fully saturated rings. The molecule has 4 heteroatoms. The number of methoxy groups -OCH3 is 1. The lowest BCUT2D eigenvalue weighted by atomic mass is 9.85. The highest BCUT2D eigenvalue weighted by Crippen LogP contribution is 2.39. The number of halogens is 2. The Morgan fingerprint density at radius 1 is 1.37 bits per heavy atom. The van der Waals surface area contributed by atoms with E-state index < -0.39 is 0 Å². The first-order valence-electron chi connectivity index (χ1n) is 6.54. The van der Waals surface area contributed by atoms with Gasteiger partial charge in [-0.25, -0.2) is 0 Å². The van der Waals surface area contributed by atoms with Crippen LogP contribution in [-0.2, 0) is 0 Å². The first kappa shape index (κ1) is 16.8. The van der Waals surface area contributed by atoms with E-state index in [2.05, 4.69) is 48.9 Å². The second kappa shape index (κ2) is 6.96. The summed E-state index contributed by atoms with van der Waals surface area (Å²) in [4.78, 5) is 0. The maximum Gasteiger partial charge on any atom is 0.137 e. The molecule has 2 nitrogen and oxygen atoms in total. The Kier molecular flexibility index (Phi) is 6.15. The number of nitrogens with one attached hydrogen (secondary N) is 1. The minimum Gasteiger partial charge on any atom is -0.495 e. The van der Waals surface area contributed by atoms with Gasteiger partial charge in [-0.2, -0.15) is 0 Å². The summed E-state index contributed by atoms with van der Waals surface area (Å²) in [5.41, 5.74) is 1.34. The van der Waals surface area contributed by atoms with Gasteiger partial charge in [-0.15, -0.1) is 0 Å². The molecule has 1 aromatic carbocycles. The smallest absolute Gasteiger partial charge is 0.137 e. The van der Waals surface area contributed by atoms with Crippen LogP contribution in [0.4, 0.5) is 0 Å². The molecule has 0 aliphatic heterocycles. The molecule has 0 amide bonds. The summed E-state index contributed by atoms with van der Waals surface area (Å²) >= 11 is 9.70. The van der Waals surface area contributed by atoms with Gasteiger partial charge in [-0.1, -0.05) is 39.3 Å². The first-order chi connectivity index (χ1) is 8.78. The third kappa shape index (κ3) is 4.97. The Labute approximate surface area is 130 Å². The van der Waals surface area contributed by atoms with Gasteiger partial charge in [0.25, 0.3) is 0 Å². The Hall–Kier alpha value is -0.250. The molecule has 0 heterocycles. The van der Waals surface area contributed by atoms with Crippen molar-refractivity contribution in [1.29, 1.82) is 0 Å². The van der Waals surface area contributed by atoms with Crippen LogP contribution in [0, 0.1) is 5.41 Å². The highest BCUT2D eigenvalue weighted by molar-refractivity contribution is 9.10. The number of rotatable bonds is 5. The van der Waals surface area contributed by atoms with Crippen LogP contribution in [0.25, 0.3) is 0 Å². The van der Waals surface area contributed by atoms with Crippen molar-refractivity contribution < 1.29 is 4.74 Å². The Bertz CT molecular complexity index is 429. The lowest BCUT2D eigenvalue weighted by molar-refractivity contribution is 0.306. The maximum atomic E-state index is 6.18. The number of ether oxygens (including phenoxy) is 1.